The van der Waals surface area contributed by atoms with E-state index in [4.69, 9.17) is 5.73 Å². The average Bonchev–Trinajstić information content (AvgIpc) is 3.26. The van der Waals surface area contributed by atoms with E-state index in [0.29, 0.717) is 29.0 Å². The number of halogens is 2. The Balaban J connectivity index is 1.95. The lowest BCUT2D eigenvalue weighted by atomic mass is 10.2. The minimum absolute atomic E-state index is 0.0285. The van der Waals surface area contributed by atoms with E-state index in [1.165, 1.54) is 22.9 Å². The fourth-order valence-corrected chi connectivity index (χ4v) is 2.89. The summed E-state index contributed by atoms with van der Waals surface area (Å²) in [6, 6.07) is 5.50. The van der Waals surface area contributed by atoms with Crippen molar-refractivity contribution in [3.8, 4) is 5.82 Å². The van der Waals surface area contributed by atoms with Crippen molar-refractivity contribution in [2.75, 3.05) is 5.73 Å². The normalized spacial score (nSPS) is 11.3. The molecule has 9 heteroatoms. The number of rotatable bonds is 4. The Bertz CT molecular complexity index is 1070. The number of nitrogens with two attached hydrogens (primary N) is 1. The topological polar surface area (TPSA) is 87.4 Å². The van der Waals surface area contributed by atoms with Crippen molar-refractivity contribution < 1.29 is 8.78 Å². The van der Waals surface area contributed by atoms with Crippen molar-refractivity contribution in [1.29, 1.82) is 0 Å². The van der Waals surface area contributed by atoms with Crippen molar-refractivity contribution >= 4 is 17.0 Å². The number of nitrogen functional groups attached to an aromatic ring is 1. The summed E-state index contributed by atoms with van der Waals surface area (Å²) in [7, 11) is 0. The third-order valence-electron chi connectivity index (χ3n) is 4.09. The van der Waals surface area contributed by atoms with Crippen LogP contribution < -0.4 is 5.73 Å². The highest BCUT2D eigenvalue weighted by atomic mass is 19.1. The first kappa shape index (κ1) is 16.1. The Kier molecular flexibility index (Phi) is 3.83. The van der Waals surface area contributed by atoms with E-state index in [0.717, 1.165) is 0 Å². The SMILES string of the molecule is CCc1nn(Cc2c(F)cccc2F)c2nc(N)nc(-n3cccn3)c12. The summed E-state index contributed by atoms with van der Waals surface area (Å²) in [5.74, 6) is -0.766. The molecule has 2 N–H and O–H groups in total. The maximum Gasteiger partial charge on any atom is 0.224 e. The van der Waals surface area contributed by atoms with Crippen LogP contribution in [-0.4, -0.2) is 29.5 Å². The number of hydrogen-bond donors (Lipinski definition) is 1. The van der Waals surface area contributed by atoms with Crippen molar-refractivity contribution in [1.82, 2.24) is 29.5 Å². The van der Waals surface area contributed by atoms with Gasteiger partial charge in [0.15, 0.2) is 11.5 Å². The van der Waals surface area contributed by atoms with Gasteiger partial charge >= 0.3 is 0 Å². The van der Waals surface area contributed by atoms with Crippen LogP contribution in [0.2, 0.25) is 0 Å². The van der Waals surface area contributed by atoms with Gasteiger partial charge in [0.25, 0.3) is 0 Å². The summed E-state index contributed by atoms with van der Waals surface area (Å²) >= 11 is 0. The van der Waals surface area contributed by atoms with Gasteiger partial charge in [-0.25, -0.2) is 18.1 Å². The van der Waals surface area contributed by atoms with Gasteiger partial charge in [0.2, 0.25) is 5.95 Å². The standard InChI is InChI=1S/C17H15F2N7/c1-2-13-14-15(25-8-4-7-21-25)22-17(20)23-16(14)26(24-13)9-10-11(18)5-3-6-12(10)19/h3-8H,2,9H2,1H3,(H2,20,22,23). The quantitative estimate of drug-likeness (QED) is 0.608. The van der Waals surface area contributed by atoms with Crippen LogP contribution in [0.3, 0.4) is 0 Å². The molecule has 132 valence electrons. The monoisotopic (exact) mass is 355 g/mol. The van der Waals surface area contributed by atoms with E-state index in [1.54, 1.807) is 23.1 Å². The highest BCUT2D eigenvalue weighted by Crippen LogP contribution is 2.25. The number of anilines is 1. The third kappa shape index (κ3) is 2.57. The van der Waals surface area contributed by atoms with Gasteiger partial charge in [-0.15, -0.1) is 0 Å². The second-order valence-electron chi connectivity index (χ2n) is 5.71. The second-order valence-corrected chi connectivity index (χ2v) is 5.71. The average molecular weight is 355 g/mol. The minimum atomic E-state index is -0.638. The number of fused-ring (bicyclic) bond motifs is 1. The molecule has 0 aliphatic heterocycles. The van der Waals surface area contributed by atoms with E-state index < -0.39 is 11.6 Å². The van der Waals surface area contributed by atoms with Crippen LogP contribution in [-0.2, 0) is 13.0 Å². The Morgan fingerprint density at radius 3 is 2.54 bits per heavy atom. The van der Waals surface area contributed by atoms with Gasteiger partial charge in [0, 0.05) is 18.0 Å². The minimum Gasteiger partial charge on any atom is -0.368 e. The summed E-state index contributed by atoms with van der Waals surface area (Å²) in [6.45, 7) is 1.82. The number of aromatic nitrogens is 6. The summed E-state index contributed by atoms with van der Waals surface area (Å²) in [5.41, 5.74) is 6.87. The zero-order chi connectivity index (χ0) is 18.3. The summed E-state index contributed by atoms with van der Waals surface area (Å²) in [6.07, 6.45) is 3.94. The number of hydrogen-bond acceptors (Lipinski definition) is 5. The van der Waals surface area contributed by atoms with Gasteiger partial charge in [-0.2, -0.15) is 20.2 Å². The van der Waals surface area contributed by atoms with Gasteiger partial charge in [-0.05, 0) is 24.6 Å². The molecular formula is C17H15F2N7. The molecule has 0 atom stereocenters. The van der Waals surface area contributed by atoms with Crippen LogP contribution in [0.15, 0.2) is 36.7 Å². The molecule has 0 unspecified atom stereocenters. The highest BCUT2D eigenvalue weighted by Gasteiger charge is 2.20. The lowest BCUT2D eigenvalue weighted by Gasteiger charge is -2.07. The lowest BCUT2D eigenvalue weighted by molar-refractivity contribution is 0.535. The second kappa shape index (κ2) is 6.17. The zero-order valence-electron chi connectivity index (χ0n) is 13.9. The highest BCUT2D eigenvalue weighted by molar-refractivity contribution is 5.86. The molecule has 0 spiro atoms. The Hall–Kier alpha value is -3.36. The van der Waals surface area contributed by atoms with Crippen LogP contribution in [0.5, 0.6) is 0 Å². The van der Waals surface area contributed by atoms with Crippen LogP contribution in [0.4, 0.5) is 14.7 Å². The molecule has 0 saturated heterocycles. The fraction of sp³-hybridized carbons (Fsp3) is 0.176. The first-order chi connectivity index (χ1) is 12.6. The molecule has 3 heterocycles. The molecule has 0 bridgehead atoms. The molecule has 0 saturated carbocycles. The Labute approximate surface area is 147 Å². The fourth-order valence-electron chi connectivity index (χ4n) is 2.89. The van der Waals surface area contributed by atoms with Crippen LogP contribution in [0, 0.1) is 11.6 Å². The summed E-state index contributed by atoms with van der Waals surface area (Å²) in [5, 5.41) is 9.32. The molecule has 1 aromatic carbocycles. The van der Waals surface area contributed by atoms with Crippen LogP contribution in [0.25, 0.3) is 16.9 Å². The molecule has 3 aromatic heterocycles. The molecule has 0 aliphatic carbocycles. The maximum atomic E-state index is 14.1. The smallest absolute Gasteiger partial charge is 0.224 e. The number of aryl methyl sites for hydroxylation is 1. The largest absolute Gasteiger partial charge is 0.368 e. The first-order valence-electron chi connectivity index (χ1n) is 8.04. The molecule has 0 amide bonds. The molecule has 0 aliphatic rings. The van der Waals surface area contributed by atoms with Crippen molar-refractivity contribution in [3.63, 3.8) is 0 Å². The van der Waals surface area contributed by atoms with Gasteiger partial charge in [-0.1, -0.05) is 13.0 Å². The maximum absolute atomic E-state index is 14.1. The molecule has 0 radical (unpaired) electrons. The lowest BCUT2D eigenvalue weighted by Crippen LogP contribution is -2.09. The van der Waals surface area contributed by atoms with Crippen molar-refractivity contribution in [2.45, 2.75) is 19.9 Å². The molecule has 0 fully saturated rings. The van der Waals surface area contributed by atoms with E-state index in [-0.39, 0.29) is 18.1 Å². The van der Waals surface area contributed by atoms with Gasteiger partial charge in [0.1, 0.15) is 11.6 Å². The molecule has 26 heavy (non-hydrogen) atoms. The predicted molar refractivity (Wildman–Crippen MR) is 91.7 cm³/mol. The van der Waals surface area contributed by atoms with Crippen LogP contribution in [0.1, 0.15) is 18.2 Å². The van der Waals surface area contributed by atoms with Gasteiger partial charge < -0.3 is 5.73 Å². The predicted octanol–water partition coefficient (Wildman–Crippen LogP) is 2.48. The molecule has 4 aromatic rings. The first-order valence-corrected chi connectivity index (χ1v) is 8.04. The zero-order valence-corrected chi connectivity index (χ0v) is 13.9. The van der Waals surface area contributed by atoms with Crippen molar-refractivity contribution in [2.24, 2.45) is 0 Å². The summed E-state index contributed by atoms with van der Waals surface area (Å²) < 4.78 is 31.1. The van der Waals surface area contributed by atoms with Crippen molar-refractivity contribution in [3.05, 3.63) is 59.6 Å². The third-order valence-corrected chi connectivity index (χ3v) is 4.09. The molecule has 7 nitrogen and oxygen atoms in total. The molecular weight excluding hydrogens is 340 g/mol. The van der Waals surface area contributed by atoms with E-state index in [2.05, 4.69) is 20.2 Å². The number of benzene rings is 1. The van der Waals surface area contributed by atoms with E-state index >= 15 is 0 Å². The Morgan fingerprint density at radius 2 is 1.88 bits per heavy atom. The molecule has 4 rings (SSSR count). The summed E-state index contributed by atoms with van der Waals surface area (Å²) in [4.78, 5) is 8.52. The number of nitrogens with zero attached hydrogens (tertiary/aromatic N) is 6. The van der Waals surface area contributed by atoms with Crippen LogP contribution >= 0.6 is 0 Å². The van der Waals surface area contributed by atoms with Gasteiger partial charge in [-0.3, -0.25) is 0 Å². The van der Waals surface area contributed by atoms with E-state index in [9.17, 15) is 8.78 Å². The van der Waals surface area contributed by atoms with Gasteiger partial charge in [0.05, 0.1) is 17.6 Å². The van der Waals surface area contributed by atoms with E-state index in [1.807, 2.05) is 6.92 Å². The Morgan fingerprint density at radius 1 is 1.12 bits per heavy atom.